The van der Waals surface area contributed by atoms with Crippen molar-refractivity contribution in [2.75, 3.05) is 29.5 Å². The third kappa shape index (κ3) is 5.74. The number of anilines is 3. The predicted octanol–water partition coefficient (Wildman–Crippen LogP) is 1.84. The Hall–Kier alpha value is -1.56. The van der Waals surface area contributed by atoms with Gasteiger partial charge < -0.3 is 21.5 Å². The second kappa shape index (κ2) is 7.13. The molecule has 108 valence electrons. The van der Waals surface area contributed by atoms with E-state index < -0.39 is 5.60 Å². The highest BCUT2D eigenvalue weighted by molar-refractivity contribution is 5.51. The highest BCUT2D eigenvalue weighted by Gasteiger charge is 2.18. The number of nitrogens with one attached hydrogen (secondary N) is 2. The molecular formula is C13H25N5O. The molecule has 0 aromatic carbocycles. The molecule has 0 bridgehead atoms. The summed E-state index contributed by atoms with van der Waals surface area (Å²) in [4.78, 5) is 8.21. The molecule has 1 heterocycles. The second-order valence-corrected chi connectivity index (χ2v) is 5.02. The van der Waals surface area contributed by atoms with Gasteiger partial charge in [0.15, 0.2) is 0 Å². The maximum atomic E-state index is 10.1. The van der Waals surface area contributed by atoms with Gasteiger partial charge in [0.1, 0.15) is 11.6 Å². The SMILES string of the molecule is CCCNc1cc(NCC(C)(O)CCC)nc(N)n1. The lowest BCUT2D eigenvalue weighted by molar-refractivity contribution is 0.0636. The first-order valence-corrected chi connectivity index (χ1v) is 6.81. The van der Waals surface area contributed by atoms with Gasteiger partial charge in [-0.1, -0.05) is 20.3 Å². The molecule has 1 rings (SSSR count). The van der Waals surface area contributed by atoms with Crippen LogP contribution in [0.1, 0.15) is 40.0 Å². The molecular weight excluding hydrogens is 242 g/mol. The van der Waals surface area contributed by atoms with E-state index >= 15 is 0 Å². The van der Waals surface area contributed by atoms with Crippen LogP contribution in [0.3, 0.4) is 0 Å². The monoisotopic (exact) mass is 267 g/mol. The third-order valence-corrected chi connectivity index (χ3v) is 2.74. The Morgan fingerprint density at radius 1 is 1.21 bits per heavy atom. The molecule has 0 aliphatic rings. The fourth-order valence-corrected chi connectivity index (χ4v) is 1.81. The molecule has 6 nitrogen and oxygen atoms in total. The standard InChI is InChI=1S/C13H25N5O/c1-4-6-13(3,19)9-16-11-8-10(15-7-5-2)17-12(14)18-11/h8,19H,4-7,9H2,1-3H3,(H4,14,15,16,17,18). The van der Waals surface area contributed by atoms with Crippen LogP contribution in [0.15, 0.2) is 6.07 Å². The Balaban J connectivity index is 2.65. The average molecular weight is 267 g/mol. The molecule has 0 amide bonds. The molecule has 1 aromatic heterocycles. The maximum Gasteiger partial charge on any atom is 0.223 e. The maximum absolute atomic E-state index is 10.1. The Morgan fingerprint density at radius 2 is 1.84 bits per heavy atom. The van der Waals surface area contributed by atoms with Crippen molar-refractivity contribution in [2.45, 2.75) is 45.6 Å². The van der Waals surface area contributed by atoms with E-state index in [-0.39, 0.29) is 5.95 Å². The van der Waals surface area contributed by atoms with Crippen molar-refractivity contribution in [1.29, 1.82) is 0 Å². The molecule has 19 heavy (non-hydrogen) atoms. The Kier molecular flexibility index (Phi) is 5.82. The van der Waals surface area contributed by atoms with E-state index in [2.05, 4.69) is 27.5 Å². The number of hydrogen-bond donors (Lipinski definition) is 4. The van der Waals surface area contributed by atoms with Crippen molar-refractivity contribution in [2.24, 2.45) is 0 Å². The van der Waals surface area contributed by atoms with E-state index in [1.807, 2.05) is 13.8 Å². The first-order chi connectivity index (χ1) is 8.96. The second-order valence-electron chi connectivity index (χ2n) is 5.02. The van der Waals surface area contributed by atoms with E-state index in [1.165, 1.54) is 0 Å². The smallest absolute Gasteiger partial charge is 0.223 e. The van der Waals surface area contributed by atoms with Crippen LogP contribution < -0.4 is 16.4 Å². The van der Waals surface area contributed by atoms with Gasteiger partial charge in [-0.2, -0.15) is 9.97 Å². The fraction of sp³-hybridized carbons (Fsp3) is 0.692. The van der Waals surface area contributed by atoms with Crippen molar-refractivity contribution in [1.82, 2.24) is 9.97 Å². The van der Waals surface area contributed by atoms with E-state index in [1.54, 1.807) is 6.07 Å². The average Bonchev–Trinajstić information content (AvgIpc) is 2.33. The summed E-state index contributed by atoms with van der Waals surface area (Å²) >= 11 is 0. The molecule has 1 aromatic rings. The van der Waals surface area contributed by atoms with Crippen LogP contribution >= 0.6 is 0 Å². The molecule has 0 saturated carbocycles. The first kappa shape index (κ1) is 15.5. The number of nitrogens with two attached hydrogens (primary N) is 1. The predicted molar refractivity (Wildman–Crippen MR) is 79.2 cm³/mol. The quantitative estimate of drug-likeness (QED) is 0.574. The minimum Gasteiger partial charge on any atom is -0.388 e. The summed E-state index contributed by atoms with van der Waals surface area (Å²) in [6.45, 7) is 7.21. The third-order valence-electron chi connectivity index (χ3n) is 2.74. The van der Waals surface area contributed by atoms with Crippen LogP contribution in [-0.2, 0) is 0 Å². The summed E-state index contributed by atoms with van der Waals surface area (Å²) < 4.78 is 0. The zero-order valence-electron chi connectivity index (χ0n) is 12.0. The van der Waals surface area contributed by atoms with Crippen LogP contribution in [0, 0.1) is 0 Å². The summed E-state index contributed by atoms with van der Waals surface area (Å²) in [5.74, 6) is 1.55. The number of rotatable bonds is 8. The van der Waals surface area contributed by atoms with E-state index in [4.69, 9.17) is 5.73 Å². The van der Waals surface area contributed by atoms with Crippen LogP contribution in [0.4, 0.5) is 17.6 Å². The van der Waals surface area contributed by atoms with Gasteiger partial charge in [0, 0.05) is 19.2 Å². The molecule has 0 fully saturated rings. The minimum absolute atomic E-state index is 0.221. The Bertz CT molecular complexity index is 395. The largest absolute Gasteiger partial charge is 0.388 e. The first-order valence-electron chi connectivity index (χ1n) is 6.81. The molecule has 0 spiro atoms. The Labute approximate surface area is 114 Å². The normalized spacial score (nSPS) is 13.9. The summed E-state index contributed by atoms with van der Waals surface area (Å²) in [5, 5.41) is 16.4. The van der Waals surface area contributed by atoms with Gasteiger partial charge in [-0.15, -0.1) is 0 Å². The van der Waals surface area contributed by atoms with Crippen molar-refractivity contribution in [3.63, 3.8) is 0 Å². The van der Waals surface area contributed by atoms with Gasteiger partial charge >= 0.3 is 0 Å². The molecule has 0 saturated heterocycles. The molecule has 5 N–H and O–H groups in total. The fourth-order valence-electron chi connectivity index (χ4n) is 1.81. The van der Waals surface area contributed by atoms with Crippen molar-refractivity contribution >= 4 is 17.6 Å². The van der Waals surface area contributed by atoms with E-state index in [0.29, 0.717) is 18.2 Å². The van der Waals surface area contributed by atoms with Crippen molar-refractivity contribution in [3.8, 4) is 0 Å². The highest BCUT2D eigenvalue weighted by atomic mass is 16.3. The summed E-state index contributed by atoms with van der Waals surface area (Å²) in [7, 11) is 0. The van der Waals surface area contributed by atoms with Crippen molar-refractivity contribution < 1.29 is 5.11 Å². The lowest BCUT2D eigenvalue weighted by atomic mass is 10.0. The topological polar surface area (TPSA) is 96.1 Å². The van der Waals surface area contributed by atoms with Crippen LogP contribution in [0.5, 0.6) is 0 Å². The minimum atomic E-state index is -0.745. The van der Waals surface area contributed by atoms with Crippen LogP contribution in [-0.4, -0.2) is 33.8 Å². The van der Waals surface area contributed by atoms with Gasteiger partial charge in [-0.25, -0.2) is 0 Å². The number of hydrogen-bond acceptors (Lipinski definition) is 6. The van der Waals surface area contributed by atoms with Gasteiger partial charge in [-0.05, 0) is 19.8 Å². The Morgan fingerprint density at radius 3 is 2.42 bits per heavy atom. The van der Waals surface area contributed by atoms with Gasteiger partial charge in [0.2, 0.25) is 5.95 Å². The lowest BCUT2D eigenvalue weighted by Crippen LogP contribution is -2.33. The molecule has 0 aliphatic carbocycles. The molecule has 0 radical (unpaired) electrons. The zero-order valence-corrected chi connectivity index (χ0v) is 12.0. The van der Waals surface area contributed by atoms with Crippen LogP contribution in [0.25, 0.3) is 0 Å². The van der Waals surface area contributed by atoms with Gasteiger partial charge in [-0.3, -0.25) is 0 Å². The zero-order chi connectivity index (χ0) is 14.3. The lowest BCUT2D eigenvalue weighted by Gasteiger charge is -2.23. The molecule has 1 atom stereocenters. The van der Waals surface area contributed by atoms with E-state index in [0.717, 1.165) is 25.8 Å². The van der Waals surface area contributed by atoms with E-state index in [9.17, 15) is 5.11 Å². The van der Waals surface area contributed by atoms with Crippen LogP contribution in [0.2, 0.25) is 0 Å². The molecule has 6 heteroatoms. The number of nitrogen functional groups attached to an aromatic ring is 1. The van der Waals surface area contributed by atoms with Gasteiger partial charge in [0.05, 0.1) is 5.60 Å². The highest BCUT2D eigenvalue weighted by Crippen LogP contribution is 2.16. The number of nitrogens with zero attached hydrogens (tertiary/aromatic N) is 2. The molecule has 0 aliphatic heterocycles. The summed E-state index contributed by atoms with van der Waals surface area (Å²) in [6.07, 6.45) is 2.68. The van der Waals surface area contributed by atoms with Gasteiger partial charge in [0.25, 0.3) is 0 Å². The molecule has 1 unspecified atom stereocenters. The number of aromatic nitrogens is 2. The van der Waals surface area contributed by atoms with Crippen molar-refractivity contribution in [3.05, 3.63) is 6.07 Å². The summed E-state index contributed by atoms with van der Waals surface area (Å²) in [5.41, 5.74) is 4.92. The summed E-state index contributed by atoms with van der Waals surface area (Å²) in [6, 6.07) is 1.80. The number of aliphatic hydroxyl groups is 1.